The summed E-state index contributed by atoms with van der Waals surface area (Å²) >= 11 is 5.97. The molecule has 2 aromatic carbocycles. The van der Waals surface area contributed by atoms with Crippen LogP contribution < -0.4 is 5.43 Å². The van der Waals surface area contributed by atoms with Crippen molar-refractivity contribution in [3.8, 4) is 11.8 Å². The first-order valence-electron chi connectivity index (χ1n) is 9.13. The van der Waals surface area contributed by atoms with Crippen LogP contribution in [0.25, 0.3) is 10.9 Å². The van der Waals surface area contributed by atoms with E-state index >= 15 is 0 Å². The third-order valence-electron chi connectivity index (χ3n) is 4.94. The van der Waals surface area contributed by atoms with Gasteiger partial charge in [0.25, 0.3) is 0 Å². The van der Waals surface area contributed by atoms with Crippen molar-refractivity contribution in [2.75, 3.05) is 0 Å². The van der Waals surface area contributed by atoms with Gasteiger partial charge in [-0.05, 0) is 55.0 Å². The van der Waals surface area contributed by atoms with Gasteiger partial charge in [-0.2, -0.15) is 0 Å². The van der Waals surface area contributed by atoms with E-state index in [1.165, 1.54) is 6.20 Å². The van der Waals surface area contributed by atoms with Crippen LogP contribution in [0.2, 0.25) is 5.02 Å². The van der Waals surface area contributed by atoms with Crippen molar-refractivity contribution in [1.82, 2.24) is 4.98 Å². The summed E-state index contributed by atoms with van der Waals surface area (Å²) in [6.45, 7) is 1.74. The van der Waals surface area contributed by atoms with Crippen molar-refractivity contribution in [3.63, 3.8) is 0 Å². The van der Waals surface area contributed by atoms with Gasteiger partial charge in [0.2, 0.25) is 0 Å². The fourth-order valence-electron chi connectivity index (χ4n) is 3.50. The minimum Gasteiger partial charge on any atom is -0.360 e. The lowest BCUT2D eigenvalue weighted by molar-refractivity contribution is 0.0922. The molecule has 1 aliphatic heterocycles. The number of hydrogen-bond donors (Lipinski definition) is 1. The highest BCUT2D eigenvalue weighted by atomic mass is 35.5. The molecule has 0 bridgehead atoms. The minimum atomic E-state index is -1.14. The number of allylic oxidation sites excluding steroid dienone is 1. The van der Waals surface area contributed by atoms with Gasteiger partial charge in [0.1, 0.15) is 5.54 Å². The maximum Gasteiger partial charge on any atom is 0.200 e. The number of ketones is 1. The molecular weight excluding hydrogens is 384 g/mol. The molecule has 4 rings (SSSR count). The van der Waals surface area contributed by atoms with Crippen molar-refractivity contribution >= 4 is 34.5 Å². The van der Waals surface area contributed by atoms with Gasteiger partial charge in [0, 0.05) is 40.3 Å². The van der Waals surface area contributed by atoms with Gasteiger partial charge in [-0.25, -0.2) is 0 Å². The smallest absolute Gasteiger partial charge is 0.200 e. The van der Waals surface area contributed by atoms with Crippen LogP contribution in [0.1, 0.15) is 28.4 Å². The number of nitrogens with zero attached hydrogens (tertiary/aromatic N) is 1. The van der Waals surface area contributed by atoms with Gasteiger partial charge in [-0.15, -0.1) is 5.92 Å². The predicted molar refractivity (Wildman–Crippen MR) is 117 cm³/mol. The number of aliphatic imine (C=N–C) groups is 1. The van der Waals surface area contributed by atoms with Crippen molar-refractivity contribution < 1.29 is 4.79 Å². The highest BCUT2D eigenvalue weighted by Gasteiger charge is 2.38. The lowest BCUT2D eigenvalue weighted by atomic mass is 9.84. The highest BCUT2D eigenvalue weighted by molar-refractivity contribution is 6.30. The number of carbonyl (C=O) groups is 1. The zero-order chi connectivity index (χ0) is 20.4. The molecule has 1 N–H and O–H groups in total. The van der Waals surface area contributed by atoms with Crippen LogP contribution in [0.3, 0.4) is 0 Å². The average Bonchev–Trinajstić information content (AvgIpc) is 3.20. The first-order valence-corrected chi connectivity index (χ1v) is 9.51. The fourth-order valence-corrected chi connectivity index (χ4v) is 3.62. The van der Waals surface area contributed by atoms with Crippen LogP contribution in [0.5, 0.6) is 0 Å². The van der Waals surface area contributed by atoms with E-state index in [4.69, 9.17) is 11.6 Å². The first-order chi connectivity index (χ1) is 14.0. The summed E-state index contributed by atoms with van der Waals surface area (Å²) in [6, 6.07) is 12.6. The largest absolute Gasteiger partial charge is 0.360 e. The maximum atomic E-state index is 13.5. The van der Waals surface area contributed by atoms with E-state index in [0.29, 0.717) is 22.3 Å². The summed E-state index contributed by atoms with van der Waals surface area (Å²) in [4.78, 5) is 34.1. The maximum absolute atomic E-state index is 13.5. The number of rotatable bonds is 4. The van der Waals surface area contributed by atoms with Crippen molar-refractivity contribution in [2.45, 2.75) is 18.9 Å². The lowest BCUT2D eigenvalue weighted by Gasteiger charge is -2.23. The topological polar surface area (TPSA) is 62.3 Å². The summed E-state index contributed by atoms with van der Waals surface area (Å²) in [5.74, 6) is 5.42. The summed E-state index contributed by atoms with van der Waals surface area (Å²) in [6.07, 6.45) is 6.89. The van der Waals surface area contributed by atoms with E-state index in [0.717, 1.165) is 11.1 Å². The highest BCUT2D eigenvalue weighted by Crippen LogP contribution is 2.27. The number of Topliss-reactive ketones (excluding diaryl/α,β-unsaturated/α-hetero) is 1. The molecule has 0 aliphatic carbocycles. The molecule has 5 heteroatoms. The third kappa shape index (κ3) is 3.53. The van der Waals surface area contributed by atoms with E-state index in [-0.39, 0.29) is 16.8 Å². The molecule has 0 saturated heterocycles. The average molecular weight is 401 g/mol. The van der Waals surface area contributed by atoms with E-state index in [1.807, 2.05) is 18.2 Å². The summed E-state index contributed by atoms with van der Waals surface area (Å²) in [5, 5.41) is 1.06. The number of nitrogens with one attached hydrogen (secondary N) is 1. The first kappa shape index (κ1) is 18.9. The molecule has 1 unspecified atom stereocenters. The number of aromatic amines is 1. The van der Waals surface area contributed by atoms with Crippen LogP contribution in [0.15, 0.2) is 70.6 Å². The Labute approximate surface area is 172 Å². The molecule has 2 heterocycles. The monoisotopic (exact) mass is 400 g/mol. The molecule has 3 aromatic rings. The van der Waals surface area contributed by atoms with E-state index in [1.54, 1.807) is 49.6 Å². The molecule has 0 amide bonds. The Hall–Kier alpha value is -3.42. The number of carbonyl (C=O) groups excluding carboxylic acids is 1. The van der Waals surface area contributed by atoms with Crippen LogP contribution in [0.4, 0.5) is 0 Å². The second kappa shape index (κ2) is 7.54. The zero-order valence-corrected chi connectivity index (χ0v) is 16.5. The Balaban J connectivity index is 1.79. The molecule has 0 spiro atoms. The normalized spacial score (nSPS) is 17.3. The molecule has 1 aliphatic rings. The second-order valence-electron chi connectivity index (χ2n) is 6.86. The number of hydrogen-bond acceptors (Lipinski definition) is 3. The number of halogens is 1. The Kier molecular flexibility index (Phi) is 4.92. The Morgan fingerprint density at radius 3 is 2.69 bits per heavy atom. The lowest BCUT2D eigenvalue weighted by Crippen LogP contribution is -2.38. The standard InChI is InChI=1S/C24H17ClN2O2/c1-2-4-16-7-10-21-19(13-16)22(28)20(15-26-21)23(29)24(11-3-12-27-24)14-17-5-8-18(25)9-6-17/h3,5-13,15H,14H2,1H3,(H,26,28). The van der Waals surface area contributed by atoms with Gasteiger partial charge >= 0.3 is 0 Å². The fraction of sp³-hybridized carbons (Fsp3) is 0.125. The molecule has 0 fully saturated rings. The zero-order valence-electron chi connectivity index (χ0n) is 15.7. The molecule has 4 nitrogen and oxygen atoms in total. The van der Waals surface area contributed by atoms with Crippen molar-refractivity contribution in [2.24, 2.45) is 4.99 Å². The van der Waals surface area contributed by atoms with Crippen LogP contribution in [0, 0.1) is 11.8 Å². The summed E-state index contributed by atoms with van der Waals surface area (Å²) in [5.41, 5.74) is 0.903. The Morgan fingerprint density at radius 1 is 1.21 bits per heavy atom. The molecule has 142 valence electrons. The number of pyridine rings is 1. The van der Waals surface area contributed by atoms with Crippen LogP contribution >= 0.6 is 11.6 Å². The minimum absolute atomic E-state index is 0.0803. The third-order valence-corrected chi connectivity index (χ3v) is 5.19. The van der Waals surface area contributed by atoms with Gasteiger partial charge in [0.05, 0.1) is 5.56 Å². The summed E-state index contributed by atoms with van der Waals surface area (Å²) < 4.78 is 0. The molecule has 0 radical (unpaired) electrons. The Morgan fingerprint density at radius 2 is 2.00 bits per heavy atom. The molecular formula is C24H17ClN2O2. The molecule has 29 heavy (non-hydrogen) atoms. The number of fused-ring (bicyclic) bond motifs is 1. The Bertz CT molecular complexity index is 1280. The SMILES string of the molecule is CC#Cc1ccc2[nH]cc(C(=O)C3(Cc4ccc(Cl)cc4)C=CC=N3)c(=O)c2c1. The molecule has 0 saturated carbocycles. The number of benzene rings is 2. The van der Waals surface area contributed by atoms with Gasteiger partial charge < -0.3 is 4.98 Å². The van der Waals surface area contributed by atoms with Crippen molar-refractivity contribution in [1.29, 1.82) is 0 Å². The van der Waals surface area contributed by atoms with Crippen LogP contribution in [-0.4, -0.2) is 22.5 Å². The van der Waals surface area contributed by atoms with Gasteiger partial charge in [-0.3, -0.25) is 14.6 Å². The van der Waals surface area contributed by atoms with Crippen LogP contribution in [-0.2, 0) is 6.42 Å². The van der Waals surface area contributed by atoms with Crippen molar-refractivity contribution in [3.05, 3.63) is 92.7 Å². The van der Waals surface area contributed by atoms with Gasteiger partial charge in [0.15, 0.2) is 11.2 Å². The molecule has 1 atom stereocenters. The second-order valence-corrected chi connectivity index (χ2v) is 7.30. The predicted octanol–water partition coefficient (Wildman–Crippen LogP) is 4.36. The number of H-pyrrole nitrogens is 1. The van der Waals surface area contributed by atoms with E-state index < -0.39 is 5.54 Å². The quantitative estimate of drug-likeness (QED) is 0.522. The number of aromatic nitrogens is 1. The van der Waals surface area contributed by atoms with E-state index in [2.05, 4.69) is 21.8 Å². The van der Waals surface area contributed by atoms with Gasteiger partial charge in [-0.1, -0.05) is 29.7 Å². The summed E-state index contributed by atoms with van der Waals surface area (Å²) in [7, 11) is 0. The molecule has 1 aromatic heterocycles. The van der Waals surface area contributed by atoms with E-state index in [9.17, 15) is 9.59 Å².